The fourth-order valence-corrected chi connectivity index (χ4v) is 4.25. The summed E-state index contributed by atoms with van der Waals surface area (Å²) >= 11 is 0. The first-order chi connectivity index (χ1) is 21.1. The van der Waals surface area contributed by atoms with Crippen LogP contribution in [0.25, 0.3) is 0 Å². The molecular weight excluding hydrogens is 576 g/mol. The van der Waals surface area contributed by atoms with Crippen LogP contribution in [0.1, 0.15) is 80.1 Å². The first-order valence-electron chi connectivity index (χ1n) is 15.7. The van der Waals surface area contributed by atoms with Gasteiger partial charge in [-0.3, -0.25) is 43.4 Å². The van der Waals surface area contributed by atoms with Crippen molar-refractivity contribution in [3.8, 4) is 0 Å². The molecule has 3 heterocycles. The van der Waals surface area contributed by atoms with Gasteiger partial charge in [0.1, 0.15) is 5.78 Å². The largest absolute Gasteiger partial charge is 0.354 e. The highest BCUT2D eigenvalue weighted by Crippen LogP contribution is 2.15. The standard InChI is InChI=1S/C13H19NO3.C11H16N2O3.C10H15NO/c1-10(2)4-3-5-11(15)8-9-14-12(16)6-7-13(14)17;1-8(2)7-9(14)12-5-6-13-10(15)3-4-11(13)16;1-8(2)6-7-11-9(3)4-5-10(11)12/h6-7,10H,3-5,8-9H2,1-2H3;3-4,8H,5-7H2,1-2H3,(H,12,14);4-5,8H,3,6-7H2,1-2H3. The highest BCUT2D eigenvalue weighted by Gasteiger charge is 2.24. The molecule has 3 aliphatic heterocycles. The van der Waals surface area contributed by atoms with Gasteiger partial charge in [0.05, 0.1) is 0 Å². The highest BCUT2D eigenvalue weighted by atomic mass is 16.2. The molecule has 0 radical (unpaired) electrons. The molecule has 0 unspecified atom stereocenters. The minimum Gasteiger partial charge on any atom is -0.354 e. The third-order valence-corrected chi connectivity index (χ3v) is 6.86. The van der Waals surface area contributed by atoms with Crippen molar-refractivity contribution in [3.05, 3.63) is 48.7 Å². The van der Waals surface area contributed by atoms with Gasteiger partial charge in [-0.05, 0) is 36.7 Å². The molecule has 248 valence electrons. The summed E-state index contributed by atoms with van der Waals surface area (Å²) in [6.07, 6.45) is 12.5. The number of carbonyl (C=O) groups excluding carboxylic acids is 7. The minimum absolute atomic E-state index is 0.0537. The third-order valence-electron chi connectivity index (χ3n) is 6.86. The molecular formula is C34H50N4O7. The van der Waals surface area contributed by atoms with E-state index in [0.717, 1.165) is 41.3 Å². The van der Waals surface area contributed by atoms with E-state index in [1.807, 2.05) is 13.8 Å². The molecule has 0 aromatic heterocycles. The highest BCUT2D eigenvalue weighted by molar-refractivity contribution is 6.13. The Balaban J connectivity index is 0.000000343. The number of imide groups is 2. The van der Waals surface area contributed by atoms with Gasteiger partial charge in [-0.15, -0.1) is 0 Å². The van der Waals surface area contributed by atoms with Crippen molar-refractivity contribution in [2.75, 3.05) is 26.2 Å². The van der Waals surface area contributed by atoms with Crippen LogP contribution in [0.3, 0.4) is 0 Å². The van der Waals surface area contributed by atoms with Crippen LogP contribution in [0.15, 0.2) is 48.7 Å². The van der Waals surface area contributed by atoms with E-state index in [1.165, 1.54) is 24.3 Å². The Kier molecular flexibility index (Phi) is 17.3. The Morgan fingerprint density at radius 3 is 1.53 bits per heavy atom. The zero-order valence-electron chi connectivity index (χ0n) is 27.7. The predicted molar refractivity (Wildman–Crippen MR) is 172 cm³/mol. The Hall–Kier alpha value is -4.15. The van der Waals surface area contributed by atoms with E-state index in [-0.39, 0.29) is 60.7 Å². The molecule has 0 spiro atoms. The van der Waals surface area contributed by atoms with Crippen LogP contribution in [0, 0.1) is 17.8 Å². The van der Waals surface area contributed by atoms with Crippen molar-refractivity contribution in [1.82, 2.24) is 20.0 Å². The van der Waals surface area contributed by atoms with Crippen LogP contribution in [-0.2, 0) is 33.6 Å². The Morgan fingerprint density at radius 2 is 1.09 bits per heavy atom. The van der Waals surface area contributed by atoms with Gasteiger partial charge in [-0.2, -0.15) is 0 Å². The number of Topliss-reactive ketones (excluding diaryl/α,β-unsaturated/α-hetero) is 1. The summed E-state index contributed by atoms with van der Waals surface area (Å²) in [6.45, 7) is 17.8. The van der Waals surface area contributed by atoms with Crippen molar-refractivity contribution < 1.29 is 33.6 Å². The van der Waals surface area contributed by atoms with Crippen molar-refractivity contribution in [3.63, 3.8) is 0 Å². The summed E-state index contributed by atoms with van der Waals surface area (Å²) in [4.78, 5) is 82.6. The summed E-state index contributed by atoms with van der Waals surface area (Å²) in [6, 6.07) is 0. The molecule has 45 heavy (non-hydrogen) atoms. The van der Waals surface area contributed by atoms with E-state index < -0.39 is 0 Å². The first-order valence-corrected chi connectivity index (χ1v) is 15.7. The maximum Gasteiger partial charge on any atom is 0.253 e. The van der Waals surface area contributed by atoms with E-state index in [0.29, 0.717) is 37.1 Å². The topological polar surface area (TPSA) is 141 Å². The van der Waals surface area contributed by atoms with Crippen molar-refractivity contribution in [2.24, 2.45) is 17.8 Å². The molecule has 11 heteroatoms. The lowest BCUT2D eigenvalue weighted by Gasteiger charge is -2.17. The number of hydrogen-bond acceptors (Lipinski definition) is 7. The monoisotopic (exact) mass is 626 g/mol. The molecule has 1 N–H and O–H groups in total. The number of nitrogens with zero attached hydrogens (tertiary/aromatic N) is 3. The summed E-state index contributed by atoms with van der Waals surface area (Å²) < 4.78 is 0. The molecule has 0 aliphatic carbocycles. The van der Waals surface area contributed by atoms with Gasteiger partial charge in [0.2, 0.25) is 5.91 Å². The van der Waals surface area contributed by atoms with E-state index in [1.54, 1.807) is 17.1 Å². The number of hydrogen-bond donors (Lipinski definition) is 1. The third kappa shape index (κ3) is 15.4. The maximum atomic E-state index is 11.5. The Labute approximate surface area is 267 Å². The van der Waals surface area contributed by atoms with Gasteiger partial charge in [0, 0.05) is 81.5 Å². The van der Waals surface area contributed by atoms with Crippen LogP contribution in [0.4, 0.5) is 0 Å². The van der Waals surface area contributed by atoms with Gasteiger partial charge in [0.15, 0.2) is 0 Å². The number of carbonyl (C=O) groups is 7. The van der Waals surface area contributed by atoms with E-state index in [4.69, 9.17) is 0 Å². The molecule has 3 rings (SSSR count). The van der Waals surface area contributed by atoms with Gasteiger partial charge in [-0.25, -0.2) is 0 Å². The molecule has 0 bridgehead atoms. The van der Waals surface area contributed by atoms with Crippen LogP contribution in [-0.4, -0.2) is 82.1 Å². The minimum atomic E-state index is -0.317. The van der Waals surface area contributed by atoms with E-state index in [2.05, 4.69) is 39.6 Å². The van der Waals surface area contributed by atoms with Crippen LogP contribution < -0.4 is 5.32 Å². The maximum absolute atomic E-state index is 11.5. The molecule has 0 saturated carbocycles. The van der Waals surface area contributed by atoms with Gasteiger partial charge in [-0.1, -0.05) is 54.5 Å². The number of amides is 6. The number of ketones is 1. The molecule has 0 saturated heterocycles. The summed E-state index contributed by atoms with van der Waals surface area (Å²) in [5, 5.41) is 2.67. The van der Waals surface area contributed by atoms with E-state index >= 15 is 0 Å². The van der Waals surface area contributed by atoms with Crippen molar-refractivity contribution in [1.29, 1.82) is 0 Å². The van der Waals surface area contributed by atoms with Crippen LogP contribution in [0.5, 0.6) is 0 Å². The number of rotatable bonds is 15. The van der Waals surface area contributed by atoms with Crippen LogP contribution in [0.2, 0.25) is 0 Å². The first kappa shape index (κ1) is 38.9. The average molecular weight is 627 g/mol. The molecule has 6 amide bonds. The van der Waals surface area contributed by atoms with E-state index in [9.17, 15) is 33.6 Å². The zero-order chi connectivity index (χ0) is 34.1. The Bertz CT molecular complexity index is 1140. The molecule has 0 fully saturated rings. The number of allylic oxidation sites excluding steroid dienone is 1. The van der Waals surface area contributed by atoms with Crippen LogP contribution >= 0.6 is 0 Å². The lowest BCUT2D eigenvalue weighted by atomic mass is 10.0. The lowest BCUT2D eigenvalue weighted by Crippen LogP contribution is -2.38. The quantitative estimate of drug-likeness (QED) is 0.273. The predicted octanol–water partition coefficient (Wildman–Crippen LogP) is 3.72. The second-order valence-electron chi connectivity index (χ2n) is 12.3. The summed E-state index contributed by atoms with van der Waals surface area (Å²) in [7, 11) is 0. The summed E-state index contributed by atoms with van der Waals surface area (Å²) in [5.74, 6) is 0.415. The van der Waals surface area contributed by atoms with Gasteiger partial charge in [0.25, 0.3) is 29.5 Å². The second-order valence-corrected chi connectivity index (χ2v) is 12.3. The number of nitrogens with one attached hydrogen (secondary N) is 1. The molecule has 0 aromatic rings. The van der Waals surface area contributed by atoms with Gasteiger partial charge >= 0.3 is 0 Å². The zero-order valence-corrected chi connectivity index (χ0v) is 27.7. The fourth-order valence-electron chi connectivity index (χ4n) is 4.25. The normalized spacial score (nSPS) is 15.5. The SMILES string of the molecule is C=C1C=CC(=O)N1CCC(C)C.CC(C)CC(=O)NCCN1C(=O)C=CC1=O.CC(C)CCCC(=O)CCN1C(=O)C=CC1=O. The van der Waals surface area contributed by atoms with Crippen molar-refractivity contribution >= 4 is 41.2 Å². The second kappa shape index (κ2) is 20.0. The smallest absolute Gasteiger partial charge is 0.253 e. The van der Waals surface area contributed by atoms with Crippen molar-refractivity contribution in [2.45, 2.75) is 80.1 Å². The molecule has 3 aliphatic rings. The summed E-state index contributed by atoms with van der Waals surface area (Å²) in [5.41, 5.74) is 0.820. The molecule has 0 aromatic carbocycles. The molecule has 0 atom stereocenters. The average Bonchev–Trinajstić information content (AvgIpc) is 3.57. The lowest BCUT2D eigenvalue weighted by molar-refractivity contribution is -0.138. The Morgan fingerprint density at radius 1 is 0.622 bits per heavy atom. The van der Waals surface area contributed by atoms with Gasteiger partial charge < -0.3 is 10.2 Å². The fraction of sp³-hybridized carbons (Fsp3) is 0.559. The molecule has 11 nitrogen and oxygen atoms in total.